The van der Waals surface area contributed by atoms with E-state index >= 15 is 0 Å². The van der Waals surface area contributed by atoms with Crippen LogP contribution in [0.2, 0.25) is 0 Å². The van der Waals surface area contributed by atoms with E-state index in [1.807, 2.05) is 0 Å². The van der Waals surface area contributed by atoms with Crippen molar-refractivity contribution in [1.82, 2.24) is 4.90 Å². The lowest BCUT2D eigenvalue weighted by atomic mass is 10.1. The number of carbonyl (C=O) groups is 3. The van der Waals surface area contributed by atoms with E-state index in [-0.39, 0.29) is 11.8 Å². The van der Waals surface area contributed by atoms with E-state index in [4.69, 9.17) is 4.74 Å². The molecule has 1 aromatic rings. The average molecular weight is 332 g/mol. The van der Waals surface area contributed by atoms with Crippen molar-refractivity contribution in [1.29, 1.82) is 0 Å². The summed E-state index contributed by atoms with van der Waals surface area (Å²) in [4.78, 5) is 37.5. The van der Waals surface area contributed by atoms with Crippen LogP contribution in [-0.4, -0.2) is 40.9 Å². The minimum Gasteiger partial charge on any atom is -0.456 e. The first-order valence-electron chi connectivity index (χ1n) is 8.11. The SMILES string of the molecule is CC(C(=O)Nc1ccc(C(=O)OC(C)(C)C)cc1)N1CCCC1=O. The van der Waals surface area contributed by atoms with Gasteiger partial charge >= 0.3 is 5.97 Å². The van der Waals surface area contributed by atoms with Gasteiger partial charge in [-0.05, 0) is 58.4 Å². The molecule has 6 nitrogen and oxygen atoms in total. The highest BCUT2D eigenvalue weighted by Crippen LogP contribution is 2.17. The van der Waals surface area contributed by atoms with Gasteiger partial charge in [-0.2, -0.15) is 0 Å². The highest BCUT2D eigenvalue weighted by atomic mass is 16.6. The van der Waals surface area contributed by atoms with E-state index in [0.717, 1.165) is 6.42 Å². The number of hydrogen-bond donors (Lipinski definition) is 1. The van der Waals surface area contributed by atoms with E-state index in [2.05, 4.69) is 5.32 Å². The fourth-order valence-electron chi connectivity index (χ4n) is 2.49. The van der Waals surface area contributed by atoms with Crippen molar-refractivity contribution in [2.45, 2.75) is 52.2 Å². The smallest absolute Gasteiger partial charge is 0.338 e. The van der Waals surface area contributed by atoms with E-state index in [1.54, 1.807) is 56.9 Å². The van der Waals surface area contributed by atoms with E-state index < -0.39 is 17.6 Å². The average Bonchev–Trinajstić information content (AvgIpc) is 2.91. The second kappa shape index (κ2) is 7.03. The Morgan fingerprint density at radius 1 is 1.21 bits per heavy atom. The summed E-state index contributed by atoms with van der Waals surface area (Å²) in [6, 6.07) is 6.00. The normalized spacial score (nSPS) is 16.0. The van der Waals surface area contributed by atoms with Crippen LogP contribution in [0, 0.1) is 0 Å². The molecule has 0 spiro atoms. The van der Waals surface area contributed by atoms with Gasteiger partial charge in [0.1, 0.15) is 11.6 Å². The molecule has 1 unspecified atom stereocenters. The van der Waals surface area contributed by atoms with Crippen LogP contribution >= 0.6 is 0 Å². The quantitative estimate of drug-likeness (QED) is 0.860. The summed E-state index contributed by atoms with van der Waals surface area (Å²) < 4.78 is 5.29. The maximum atomic E-state index is 12.3. The van der Waals surface area contributed by atoms with Gasteiger partial charge < -0.3 is 15.0 Å². The molecule has 1 aliphatic heterocycles. The molecular formula is C18H24N2O4. The third-order valence-electron chi connectivity index (χ3n) is 3.74. The molecule has 1 atom stereocenters. The Kier molecular flexibility index (Phi) is 5.26. The molecule has 1 saturated heterocycles. The van der Waals surface area contributed by atoms with Gasteiger partial charge in [0.25, 0.3) is 0 Å². The second-order valence-electron chi connectivity index (χ2n) is 6.94. The lowest BCUT2D eigenvalue weighted by Crippen LogP contribution is -2.42. The van der Waals surface area contributed by atoms with Gasteiger partial charge in [-0.3, -0.25) is 9.59 Å². The van der Waals surface area contributed by atoms with E-state index in [9.17, 15) is 14.4 Å². The van der Waals surface area contributed by atoms with Crippen LogP contribution in [0.3, 0.4) is 0 Å². The lowest BCUT2D eigenvalue weighted by molar-refractivity contribution is -0.134. The summed E-state index contributed by atoms with van der Waals surface area (Å²) in [5.74, 6) is -0.635. The summed E-state index contributed by atoms with van der Waals surface area (Å²) in [5.41, 5.74) is 0.443. The molecular weight excluding hydrogens is 308 g/mol. The fourth-order valence-corrected chi connectivity index (χ4v) is 2.49. The molecule has 1 N–H and O–H groups in total. The molecule has 2 amide bonds. The molecule has 6 heteroatoms. The number of nitrogens with zero attached hydrogens (tertiary/aromatic N) is 1. The van der Waals surface area contributed by atoms with Gasteiger partial charge in [-0.15, -0.1) is 0 Å². The molecule has 1 heterocycles. The van der Waals surface area contributed by atoms with Crippen LogP contribution in [0.4, 0.5) is 5.69 Å². The van der Waals surface area contributed by atoms with Crippen molar-refractivity contribution in [3.63, 3.8) is 0 Å². The van der Waals surface area contributed by atoms with Crippen LogP contribution in [0.1, 0.15) is 50.9 Å². The molecule has 0 aromatic heterocycles. The number of anilines is 1. The number of amides is 2. The molecule has 24 heavy (non-hydrogen) atoms. The summed E-state index contributed by atoms with van der Waals surface area (Å²) in [6.45, 7) is 7.75. The van der Waals surface area contributed by atoms with Crippen molar-refractivity contribution >= 4 is 23.5 Å². The van der Waals surface area contributed by atoms with Crippen molar-refractivity contribution in [3.8, 4) is 0 Å². The third kappa shape index (κ3) is 4.57. The number of ether oxygens (including phenoxy) is 1. The van der Waals surface area contributed by atoms with Crippen LogP contribution in [0.15, 0.2) is 24.3 Å². The Morgan fingerprint density at radius 3 is 2.33 bits per heavy atom. The van der Waals surface area contributed by atoms with Crippen molar-refractivity contribution in [2.24, 2.45) is 0 Å². The summed E-state index contributed by atoms with van der Waals surface area (Å²) in [7, 11) is 0. The maximum Gasteiger partial charge on any atom is 0.338 e. The van der Waals surface area contributed by atoms with Gasteiger partial charge in [0.05, 0.1) is 5.56 Å². The summed E-state index contributed by atoms with van der Waals surface area (Å²) in [6.07, 6.45) is 1.29. The predicted molar refractivity (Wildman–Crippen MR) is 90.6 cm³/mol. The van der Waals surface area contributed by atoms with Gasteiger partial charge in [0.2, 0.25) is 11.8 Å². The number of nitrogens with one attached hydrogen (secondary N) is 1. The lowest BCUT2D eigenvalue weighted by Gasteiger charge is -2.23. The molecule has 0 aliphatic carbocycles. The molecule has 1 aromatic carbocycles. The molecule has 0 bridgehead atoms. The fraction of sp³-hybridized carbons (Fsp3) is 0.500. The Balaban J connectivity index is 1.97. The third-order valence-corrected chi connectivity index (χ3v) is 3.74. The van der Waals surface area contributed by atoms with Crippen LogP contribution in [-0.2, 0) is 14.3 Å². The summed E-state index contributed by atoms with van der Waals surface area (Å²) >= 11 is 0. The monoisotopic (exact) mass is 332 g/mol. The Bertz CT molecular complexity index is 631. The first kappa shape index (κ1) is 18.0. The zero-order chi connectivity index (χ0) is 17.9. The Morgan fingerprint density at radius 2 is 1.83 bits per heavy atom. The van der Waals surface area contributed by atoms with Crippen LogP contribution in [0.5, 0.6) is 0 Å². The highest BCUT2D eigenvalue weighted by molar-refractivity contribution is 5.97. The van der Waals surface area contributed by atoms with Gasteiger partial charge in [0.15, 0.2) is 0 Å². The van der Waals surface area contributed by atoms with Gasteiger partial charge in [-0.25, -0.2) is 4.79 Å². The van der Waals surface area contributed by atoms with Crippen molar-refractivity contribution in [3.05, 3.63) is 29.8 Å². The first-order chi connectivity index (χ1) is 11.2. The minimum absolute atomic E-state index is 0.0120. The van der Waals surface area contributed by atoms with Gasteiger partial charge in [0, 0.05) is 18.7 Å². The zero-order valence-corrected chi connectivity index (χ0v) is 14.6. The van der Waals surface area contributed by atoms with Crippen molar-refractivity contribution in [2.75, 3.05) is 11.9 Å². The molecule has 0 radical (unpaired) electrons. The number of rotatable bonds is 4. The highest BCUT2D eigenvalue weighted by Gasteiger charge is 2.29. The van der Waals surface area contributed by atoms with Crippen LogP contribution < -0.4 is 5.32 Å². The molecule has 0 saturated carbocycles. The molecule has 1 fully saturated rings. The Hall–Kier alpha value is -2.37. The second-order valence-corrected chi connectivity index (χ2v) is 6.94. The largest absolute Gasteiger partial charge is 0.456 e. The zero-order valence-electron chi connectivity index (χ0n) is 14.6. The minimum atomic E-state index is -0.554. The van der Waals surface area contributed by atoms with Gasteiger partial charge in [-0.1, -0.05) is 0 Å². The number of hydrogen-bond acceptors (Lipinski definition) is 4. The molecule has 2 rings (SSSR count). The number of esters is 1. The standard InChI is InChI=1S/C18H24N2O4/c1-12(20-11-5-6-15(20)21)16(22)19-14-9-7-13(8-10-14)17(23)24-18(2,3)4/h7-10,12H,5-6,11H2,1-4H3,(H,19,22). The topological polar surface area (TPSA) is 75.7 Å². The summed E-state index contributed by atoms with van der Waals surface area (Å²) in [5, 5.41) is 2.77. The van der Waals surface area contributed by atoms with E-state index in [0.29, 0.717) is 24.2 Å². The number of carbonyl (C=O) groups excluding carboxylic acids is 3. The van der Waals surface area contributed by atoms with Crippen molar-refractivity contribution < 1.29 is 19.1 Å². The molecule has 130 valence electrons. The molecule has 1 aliphatic rings. The maximum absolute atomic E-state index is 12.3. The number of likely N-dealkylation sites (tertiary alicyclic amines) is 1. The van der Waals surface area contributed by atoms with E-state index in [1.165, 1.54) is 0 Å². The number of benzene rings is 1. The Labute approximate surface area is 142 Å². The first-order valence-corrected chi connectivity index (χ1v) is 8.11. The van der Waals surface area contributed by atoms with Crippen LogP contribution in [0.25, 0.3) is 0 Å². The predicted octanol–water partition coefficient (Wildman–Crippen LogP) is 2.59.